The van der Waals surface area contributed by atoms with Gasteiger partial charge >= 0.3 is 6.18 Å². The second-order valence-electron chi connectivity index (χ2n) is 7.68. The molecule has 1 spiro atoms. The van der Waals surface area contributed by atoms with Gasteiger partial charge in [0.25, 0.3) is 5.91 Å². The molecular formula is C18H17F3N2O3. The number of carbonyl (C=O) groups excluding carboxylic acids is 2. The van der Waals surface area contributed by atoms with E-state index in [0.29, 0.717) is 6.42 Å². The average molecular weight is 366 g/mol. The summed E-state index contributed by atoms with van der Waals surface area (Å²) in [5.74, 6) is -2.30. The first-order valence-electron chi connectivity index (χ1n) is 8.03. The molecule has 0 saturated carbocycles. The second kappa shape index (κ2) is 5.47. The monoisotopic (exact) mass is 366 g/mol. The van der Waals surface area contributed by atoms with Gasteiger partial charge in [-0.3, -0.25) is 9.59 Å². The molecule has 1 amide bonds. The van der Waals surface area contributed by atoms with Crippen molar-refractivity contribution < 1.29 is 27.2 Å². The van der Waals surface area contributed by atoms with Crippen LogP contribution in [0.1, 0.15) is 42.1 Å². The van der Waals surface area contributed by atoms with Gasteiger partial charge in [0.1, 0.15) is 11.8 Å². The van der Waals surface area contributed by atoms with Gasteiger partial charge in [-0.2, -0.15) is 18.4 Å². The SMILES string of the molecule is Cc1cc(C(=O)N2CC3(C=C(C#N)C(=O)C(C)(C)C3)C2)c(C(F)(F)F)o1. The van der Waals surface area contributed by atoms with Crippen LogP contribution in [0.15, 0.2) is 22.1 Å². The van der Waals surface area contributed by atoms with Crippen molar-refractivity contribution in [3.8, 4) is 6.07 Å². The van der Waals surface area contributed by atoms with Crippen LogP contribution in [-0.4, -0.2) is 29.7 Å². The van der Waals surface area contributed by atoms with E-state index < -0.39 is 34.2 Å². The molecule has 0 bridgehead atoms. The number of hydrogen-bond acceptors (Lipinski definition) is 4. The van der Waals surface area contributed by atoms with E-state index in [1.54, 1.807) is 19.9 Å². The van der Waals surface area contributed by atoms with E-state index in [1.165, 1.54) is 11.8 Å². The third-order valence-corrected chi connectivity index (χ3v) is 4.87. The van der Waals surface area contributed by atoms with Crippen LogP contribution in [0.2, 0.25) is 0 Å². The lowest BCUT2D eigenvalue weighted by molar-refractivity contribution is -0.153. The number of amides is 1. The number of nitriles is 1. The Balaban J connectivity index is 1.85. The van der Waals surface area contributed by atoms with Crippen molar-refractivity contribution in [2.24, 2.45) is 10.8 Å². The molecule has 0 N–H and O–H groups in total. The number of hydrogen-bond donors (Lipinski definition) is 0. The van der Waals surface area contributed by atoms with Gasteiger partial charge in [-0.25, -0.2) is 0 Å². The number of carbonyl (C=O) groups is 2. The third kappa shape index (κ3) is 2.81. The molecule has 1 aliphatic heterocycles. The minimum atomic E-state index is -4.76. The maximum atomic E-state index is 13.0. The molecule has 0 atom stereocenters. The highest BCUT2D eigenvalue weighted by Crippen LogP contribution is 2.48. The minimum absolute atomic E-state index is 0.00645. The Bertz CT molecular complexity index is 865. The summed E-state index contributed by atoms with van der Waals surface area (Å²) < 4.78 is 43.8. The number of allylic oxidation sites excluding steroid dienone is 1. The minimum Gasteiger partial charge on any atom is -0.456 e. The summed E-state index contributed by atoms with van der Waals surface area (Å²) in [4.78, 5) is 26.0. The average Bonchev–Trinajstić information content (AvgIpc) is 2.89. The van der Waals surface area contributed by atoms with Gasteiger partial charge in [0.15, 0.2) is 5.78 Å². The molecule has 3 rings (SSSR count). The highest BCUT2D eigenvalue weighted by atomic mass is 19.4. The molecule has 8 heteroatoms. The van der Waals surface area contributed by atoms with Crippen LogP contribution in [0.5, 0.6) is 0 Å². The van der Waals surface area contributed by atoms with Crippen LogP contribution in [0.25, 0.3) is 0 Å². The van der Waals surface area contributed by atoms with E-state index in [-0.39, 0.29) is 30.2 Å². The maximum absolute atomic E-state index is 13.0. The van der Waals surface area contributed by atoms with Crippen LogP contribution >= 0.6 is 0 Å². The quantitative estimate of drug-likeness (QED) is 0.762. The first-order chi connectivity index (χ1) is 11.9. The van der Waals surface area contributed by atoms with Crippen molar-refractivity contribution >= 4 is 11.7 Å². The molecule has 0 unspecified atom stereocenters. The lowest BCUT2D eigenvalue weighted by atomic mass is 9.61. The normalized spacial score (nSPS) is 21.2. The van der Waals surface area contributed by atoms with Crippen LogP contribution in [-0.2, 0) is 11.0 Å². The van der Waals surface area contributed by atoms with Crippen LogP contribution in [0, 0.1) is 29.1 Å². The smallest absolute Gasteiger partial charge is 0.450 e. The molecule has 138 valence electrons. The third-order valence-electron chi connectivity index (χ3n) is 4.87. The maximum Gasteiger partial charge on any atom is 0.450 e. The number of Topliss-reactive ketones (excluding diaryl/α,β-unsaturated/α-hetero) is 1. The van der Waals surface area contributed by atoms with Gasteiger partial charge < -0.3 is 9.32 Å². The van der Waals surface area contributed by atoms with E-state index in [9.17, 15) is 28.0 Å². The van der Waals surface area contributed by atoms with Crippen molar-refractivity contribution in [3.05, 3.63) is 34.8 Å². The fourth-order valence-corrected chi connectivity index (χ4v) is 3.95. The second-order valence-corrected chi connectivity index (χ2v) is 7.68. The predicted octanol–water partition coefficient (Wildman–Crippen LogP) is 3.50. The van der Waals surface area contributed by atoms with Gasteiger partial charge in [0, 0.05) is 23.9 Å². The molecular weight excluding hydrogens is 349 g/mol. The van der Waals surface area contributed by atoms with Gasteiger partial charge in [-0.15, -0.1) is 0 Å². The van der Waals surface area contributed by atoms with Crippen molar-refractivity contribution in [1.82, 2.24) is 4.90 Å². The zero-order valence-corrected chi connectivity index (χ0v) is 14.5. The molecule has 26 heavy (non-hydrogen) atoms. The van der Waals surface area contributed by atoms with Crippen LogP contribution in [0.3, 0.4) is 0 Å². The number of halogens is 3. The standard InChI is InChI=1S/C18H17F3N2O3/c1-10-4-12(14(26-10)18(19,20)21)15(25)23-8-17(9-23)5-11(6-22)13(24)16(2,3)7-17/h4-5H,7-9H2,1-3H3. The lowest BCUT2D eigenvalue weighted by Crippen LogP contribution is -2.61. The fraction of sp³-hybridized carbons (Fsp3) is 0.500. The summed E-state index contributed by atoms with van der Waals surface area (Å²) in [6, 6.07) is 2.97. The predicted molar refractivity (Wildman–Crippen MR) is 83.9 cm³/mol. The van der Waals surface area contributed by atoms with Crippen LogP contribution in [0.4, 0.5) is 13.2 Å². The number of aryl methyl sites for hydroxylation is 1. The van der Waals surface area contributed by atoms with Gasteiger partial charge in [0.05, 0.1) is 11.1 Å². The number of rotatable bonds is 1. The number of ketones is 1. The van der Waals surface area contributed by atoms with E-state index in [1.807, 2.05) is 6.07 Å². The molecule has 1 fully saturated rings. The molecule has 1 saturated heterocycles. The number of alkyl halides is 3. The molecule has 0 radical (unpaired) electrons. The lowest BCUT2D eigenvalue weighted by Gasteiger charge is -2.53. The zero-order valence-electron chi connectivity index (χ0n) is 14.5. The molecule has 1 aromatic rings. The Labute approximate surface area is 148 Å². The summed E-state index contributed by atoms with van der Waals surface area (Å²) >= 11 is 0. The highest BCUT2D eigenvalue weighted by molar-refractivity contribution is 6.04. The van der Waals surface area contributed by atoms with Crippen molar-refractivity contribution in [2.75, 3.05) is 13.1 Å². The van der Waals surface area contributed by atoms with E-state index in [0.717, 1.165) is 6.07 Å². The summed E-state index contributed by atoms with van der Waals surface area (Å²) in [6.07, 6.45) is -2.76. The van der Waals surface area contributed by atoms with Gasteiger partial charge in [0.2, 0.25) is 5.76 Å². The Morgan fingerprint density at radius 1 is 1.35 bits per heavy atom. The number of furan rings is 1. The Kier molecular flexibility index (Phi) is 3.83. The molecule has 5 nitrogen and oxygen atoms in total. The van der Waals surface area contributed by atoms with Crippen LogP contribution < -0.4 is 0 Å². The summed E-state index contributed by atoms with van der Waals surface area (Å²) in [6.45, 7) is 5.13. The molecule has 1 aliphatic carbocycles. The first-order valence-corrected chi connectivity index (χ1v) is 8.03. The van der Waals surface area contributed by atoms with E-state index >= 15 is 0 Å². The van der Waals surface area contributed by atoms with E-state index in [4.69, 9.17) is 0 Å². The largest absolute Gasteiger partial charge is 0.456 e. The zero-order chi connectivity index (χ0) is 19.5. The Hall–Kier alpha value is -2.56. The fourth-order valence-electron chi connectivity index (χ4n) is 3.95. The first kappa shape index (κ1) is 18.2. The Morgan fingerprint density at radius 3 is 2.50 bits per heavy atom. The summed E-state index contributed by atoms with van der Waals surface area (Å²) in [5.41, 5.74) is -1.78. The Morgan fingerprint density at radius 2 is 1.96 bits per heavy atom. The molecule has 2 aliphatic rings. The molecule has 0 aromatic carbocycles. The molecule has 2 heterocycles. The van der Waals surface area contributed by atoms with Gasteiger partial charge in [-0.1, -0.05) is 19.9 Å². The topological polar surface area (TPSA) is 74.3 Å². The van der Waals surface area contributed by atoms with Crippen molar-refractivity contribution in [3.63, 3.8) is 0 Å². The number of nitrogens with zero attached hydrogens (tertiary/aromatic N) is 2. The van der Waals surface area contributed by atoms with Gasteiger partial charge in [-0.05, 0) is 19.4 Å². The summed E-state index contributed by atoms with van der Waals surface area (Å²) in [7, 11) is 0. The van der Waals surface area contributed by atoms with E-state index in [2.05, 4.69) is 4.42 Å². The summed E-state index contributed by atoms with van der Waals surface area (Å²) in [5, 5.41) is 9.17. The van der Waals surface area contributed by atoms with Crippen molar-refractivity contribution in [1.29, 1.82) is 5.26 Å². The number of likely N-dealkylation sites (tertiary alicyclic amines) is 1. The van der Waals surface area contributed by atoms with Crippen molar-refractivity contribution in [2.45, 2.75) is 33.4 Å². The molecule has 1 aromatic heterocycles. The highest BCUT2D eigenvalue weighted by Gasteiger charge is 2.53.